The van der Waals surface area contributed by atoms with Crippen LogP contribution in [-0.2, 0) is 19.6 Å². The summed E-state index contributed by atoms with van der Waals surface area (Å²) in [5.41, 5.74) is 4.98. The Morgan fingerprint density at radius 1 is 0.976 bits per heavy atom. The second-order valence-corrected chi connectivity index (χ2v) is 9.96. The van der Waals surface area contributed by atoms with E-state index in [1.807, 2.05) is 17.6 Å². The number of pyridine rings is 1. The third-order valence-corrected chi connectivity index (χ3v) is 6.97. The molecule has 42 heavy (non-hydrogen) atoms. The fraction of sp³-hybridized carbons (Fsp3) is 0.125. The summed E-state index contributed by atoms with van der Waals surface area (Å²) in [7, 11) is 0. The van der Waals surface area contributed by atoms with Crippen molar-refractivity contribution in [2.75, 3.05) is 0 Å². The van der Waals surface area contributed by atoms with Gasteiger partial charge in [-0.05, 0) is 54.4 Å². The molecule has 0 spiro atoms. The summed E-state index contributed by atoms with van der Waals surface area (Å²) in [6.45, 7) is 2.22. The maximum Gasteiger partial charge on any atom is 0.335 e. The lowest BCUT2D eigenvalue weighted by atomic mass is 10.1. The first kappa shape index (κ1) is 26.8. The Labute approximate surface area is 239 Å². The molecular weight excluding hydrogens is 540 g/mol. The highest BCUT2D eigenvalue weighted by atomic mass is 19.1. The normalized spacial score (nSPS) is 11.2. The zero-order valence-electron chi connectivity index (χ0n) is 22.5. The van der Waals surface area contributed by atoms with Crippen LogP contribution in [0.2, 0.25) is 0 Å². The first-order valence-electron chi connectivity index (χ1n) is 13.2. The van der Waals surface area contributed by atoms with Gasteiger partial charge < -0.3 is 14.4 Å². The summed E-state index contributed by atoms with van der Waals surface area (Å²) in [6.07, 6.45) is 3.60. The number of nitrogens with zero attached hydrogens (tertiary/aromatic N) is 4. The Morgan fingerprint density at radius 3 is 2.57 bits per heavy atom. The standard InChI is InChI=1S/C32H25F2N5O3/c1-19-5-6-24(25(33)11-19)18-42-31-4-2-3-27(38-31)22-8-7-21(26(34)12-22)14-30-37-28-10-9-23(32(40)41)13-29(28)39(30)17-20-15-35-36-16-20/h2-13,15-16H,14,17-18H2,1H3,(H,35,36)(H,40,41). The van der Waals surface area contributed by atoms with Gasteiger partial charge in [-0.15, -0.1) is 0 Å². The molecule has 0 amide bonds. The molecule has 2 N–H and O–H groups in total. The molecule has 3 heterocycles. The molecule has 0 unspecified atom stereocenters. The number of H-pyrrole nitrogens is 1. The first-order chi connectivity index (χ1) is 20.3. The molecule has 210 valence electrons. The molecule has 0 radical (unpaired) electrons. The maximum absolute atomic E-state index is 15.5. The molecule has 10 heteroatoms. The van der Waals surface area contributed by atoms with Crippen molar-refractivity contribution in [1.29, 1.82) is 0 Å². The number of imidazole rings is 1. The van der Waals surface area contributed by atoms with E-state index in [-0.39, 0.29) is 24.4 Å². The minimum absolute atomic E-state index is 0.0175. The topological polar surface area (TPSA) is 106 Å². The number of halogens is 2. The summed E-state index contributed by atoms with van der Waals surface area (Å²) >= 11 is 0. The molecular formula is C32H25F2N5O3. The second-order valence-electron chi connectivity index (χ2n) is 9.96. The van der Waals surface area contributed by atoms with E-state index < -0.39 is 11.8 Å². The highest BCUT2D eigenvalue weighted by Gasteiger charge is 2.17. The van der Waals surface area contributed by atoms with E-state index in [0.717, 1.165) is 11.1 Å². The number of aryl methyl sites for hydroxylation is 1. The van der Waals surface area contributed by atoms with Crippen LogP contribution in [0.25, 0.3) is 22.3 Å². The second kappa shape index (κ2) is 11.2. The summed E-state index contributed by atoms with van der Waals surface area (Å²) in [5.74, 6) is -0.940. The SMILES string of the molecule is Cc1ccc(COc2cccc(-c3ccc(Cc4nc5ccc(C(=O)O)cc5n4Cc4cn[nH]c4)c(F)c3)n2)c(F)c1. The number of rotatable bonds is 9. The van der Waals surface area contributed by atoms with E-state index in [9.17, 15) is 14.3 Å². The summed E-state index contributed by atoms with van der Waals surface area (Å²) in [5, 5.41) is 16.3. The van der Waals surface area contributed by atoms with Crippen LogP contribution in [0.1, 0.15) is 38.4 Å². The Hall–Kier alpha value is -5.38. The van der Waals surface area contributed by atoms with Gasteiger partial charge in [0.05, 0.1) is 35.0 Å². The first-order valence-corrected chi connectivity index (χ1v) is 13.2. The van der Waals surface area contributed by atoms with Gasteiger partial charge in [-0.25, -0.2) is 23.5 Å². The number of aromatic nitrogens is 5. The molecule has 0 aliphatic carbocycles. The van der Waals surface area contributed by atoms with Crippen LogP contribution in [0, 0.1) is 18.6 Å². The quantitative estimate of drug-likeness (QED) is 0.212. The van der Waals surface area contributed by atoms with Crippen LogP contribution in [0.5, 0.6) is 5.88 Å². The number of ether oxygens (including phenoxy) is 1. The van der Waals surface area contributed by atoms with Crippen LogP contribution in [0.4, 0.5) is 8.78 Å². The summed E-state index contributed by atoms with van der Waals surface area (Å²) < 4.78 is 37.3. The molecule has 0 fully saturated rings. The number of hydrogen-bond donors (Lipinski definition) is 2. The summed E-state index contributed by atoms with van der Waals surface area (Å²) in [4.78, 5) is 20.8. The number of carboxylic acids is 1. The number of fused-ring (bicyclic) bond motifs is 1. The Kier molecular flexibility index (Phi) is 7.18. The average Bonchev–Trinajstić information content (AvgIpc) is 3.61. The van der Waals surface area contributed by atoms with Gasteiger partial charge >= 0.3 is 5.97 Å². The average molecular weight is 566 g/mol. The molecule has 0 atom stereocenters. The van der Waals surface area contributed by atoms with E-state index in [1.54, 1.807) is 60.9 Å². The van der Waals surface area contributed by atoms with Gasteiger partial charge in [-0.1, -0.05) is 30.3 Å². The number of carbonyl (C=O) groups is 1. The van der Waals surface area contributed by atoms with Gasteiger partial charge in [0.15, 0.2) is 0 Å². The third-order valence-electron chi connectivity index (χ3n) is 6.97. The van der Waals surface area contributed by atoms with Gasteiger partial charge in [0, 0.05) is 35.4 Å². The fourth-order valence-corrected chi connectivity index (χ4v) is 4.76. The number of benzene rings is 3. The highest BCUT2D eigenvalue weighted by molar-refractivity contribution is 5.92. The molecule has 0 bridgehead atoms. The van der Waals surface area contributed by atoms with Crippen molar-refractivity contribution in [3.8, 4) is 17.1 Å². The van der Waals surface area contributed by atoms with Crippen LogP contribution in [0.3, 0.4) is 0 Å². The van der Waals surface area contributed by atoms with E-state index in [1.165, 1.54) is 18.2 Å². The number of hydrogen-bond acceptors (Lipinski definition) is 5. The fourth-order valence-electron chi connectivity index (χ4n) is 4.76. The molecule has 0 saturated heterocycles. The van der Waals surface area contributed by atoms with Crippen molar-refractivity contribution in [1.82, 2.24) is 24.7 Å². The number of carboxylic acid groups (broad SMARTS) is 1. The minimum atomic E-state index is -1.04. The minimum Gasteiger partial charge on any atom is -0.478 e. The smallest absolute Gasteiger partial charge is 0.335 e. The van der Waals surface area contributed by atoms with Crippen molar-refractivity contribution in [3.05, 3.63) is 130 Å². The van der Waals surface area contributed by atoms with Crippen LogP contribution < -0.4 is 4.74 Å². The Bertz CT molecular complexity index is 1920. The number of aromatic carboxylic acids is 1. The molecule has 0 aliphatic heterocycles. The largest absolute Gasteiger partial charge is 0.478 e. The van der Waals surface area contributed by atoms with Crippen LogP contribution in [0.15, 0.2) is 85.2 Å². The van der Waals surface area contributed by atoms with Crippen molar-refractivity contribution < 1.29 is 23.4 Å². The van der Waals surface area contributed by atoms with E-state index in [4.69, 9.17) is 9.72 Å². The van der Waals surface area contributed by atoms with Crippen molar-refractivity contribution in [2.24, 2.45) is 0 Å². The number of aromatic amines is 1. The van der Waals surface area contributed by atoms with Gasteiger partial charge in [0.2, 0.25) is 5.88 Å². The van der Waals surface area contributed by atoms with Gasteiger partial charge in [0.1, 0.15) is 24.1 Å². The monoisotopic (exact) mass is 565 g/mol. The molecule has 3 aromatic heterocycles. The van der Waals surface area contributed by atoms with E-state index >= 15 is 4.39 Å². The molecule has 6 rings (SSSR count). The molecule has 0 aliphatic rings. The van der Waals surface area contributed by atoms with Crippen LogP contribution in [-0.4, -0.2) is 35.8 Å². The lowest BCUT2D eigenvalue weighted by Crippen LogP contribution is -2.07. The van der Waals surface area contributed by atoms with Crippen molar-refractivity contribution in [3.63, 3.8) is 0 Å². The Balaban J connectivity index is 1.26. The third kappa shape index (κ3) is 5.60. The van der Waals surface area contributed by atoms with E-state index in [0.29, 0.717) is 51.7 Å². The highest BCUT2D eigenvalue weighted by Crippen LogP contribution is 2.26. The lowest BCUT2D eigenvalue weighted by molar-refractivity contribution is 0.0697. The zero-order chi connectivity index (χ0) is 29.2. The number of nitrogens with one attached hydrogen (secondary N) is 1. The zero-order valence-corrected chi connectivity index (χ0v) is 22.5. The molecule has 3 aromatic carbocycles. The van der Waals surface area contributed by atoms with Gasteiger partial charge in [-0.2, -0.15) is 5.10 Å². The predicted molar refractivity (Wildman–Crippen MR) is 152 cm³/mol. The van der Waals surface area contributed by atoms with Crippen molar-refractivity contribution >= 4 is 17.0 Å². The van der Waals surface area contributed by atoms with E-state index in [2.05, 4.69) is 15.2 Å². The molecule has 0 saturated carbocycles. The van der Waals surface area contributed by atoms with Gasteiger partial charge in [-0.3, -0.25) is 5.10 Å². The molecule has 8 nitrogen and oxygen atoms in total. The molecule has 6 aromatic rings. The maximum atomic E-state index is 15.5. The predicted octanol–water partition coefficient (Wildman–Crippen LogP) is 6.32. The van der Waals surface area contributed by atoms with Crippen LogP contribution >= 0.6 is 0 Å². The lowest BCUT2D eigenvalue weighted by Gasteiger charge is -2.11. The Morgan fingerprint density at radius 2 is 1.81 bits per heavy atom. The van der Waals surface area contributed by atoms with Gasteiger partial charge in [0.25, 0.3) is 0 Å². The summed E-state index contributed by atoms with van der Waals surface area (Å²) in [6, 6.07) is 19.7. The van der Waals surface area contributed by atoms with Crippen molar-refractivity contribution in [2.45, 2.75) is 26.5 Å².